The predicted octanol–water partition coefficient (Wildman–Crippen LogP) is 16.9. The Morgan fingerprint density at radius 3 is 1.13 bits per heavy atom. The second-order valence-corrected chi connectivity index (χ2v) is 25.0. The molecular formula is C50H91O3PS. The number of hydrogen-bond donors (Lipinski definition) is 0. The Kier molecular flexibility index (Phi) is 26.0. The van der Waals surface area contributed by atoms with Crippen LogP contribution in [-0.2, 0) is 33.4 Å². The van der Waals surface area contributed by atoms with E-state index in [1.165, 1.54) is 113 Å². The predicted molar refractivity (Wildman–Crippen MR) is 249 cm³/mol. The first-order chi connectivity index (χ1) is 26.7. The third kappa shape index (κ3) is 16.7. The van der Waals surface area contributed by atoms with Crippen LogP contribution in [0.25, 0.3) is 10.8 Å². The molecule has 0 saturated carbocycles. The molecule has 2 rings (SSSR count). The molecule has 0 aliphatic heterocycles. The zero-order chi connectivity index (χ0) is 40.3. The fourth-order valence-electron chi connectivity index (χ4n) is 9.34. The first kappa shape index (κ1) is 50.2. The van der Waals surface area contributed by atoms with Crippen molar-refractivity contribution in [3.05, 3.63) is 41.0 Å². The SMILES string of the molecule is CCCCCCCCc1c(CCCCCCCC)c(S(=O)(=O)OP(CCCC)(CCCC)(CCCC)CCCC)c2ccccc2c1CCCCCCCC. The molecule has 0 spiro atoms. The zero-order valence-electron chi connectivity index (χ0n) is 37.7. The third-order valence-electron chi connectivity index (χ3n) is 12.7. The van der Waals surface area contributed by atoms with E-state index < -0.39 is 16.9 Å². The van der Waals surface area contributed by atoms with Crippen molar-refractivity contribution in [1.82, 2.24) is 0 Å². The molecule has 2 aromatic carbocycles. The number of benzene rings is 2. The molecule has 0 saturated heterocycles. The van der Waals surface area contributed by atoms with Crippen LogP contribution in [0, 0.1) is 0 Å². The quantitative estimate of drug-likeness (QED) is 0.0509. The monoisotopic (exact) mass is 803 g/mol. The van der Waals surface area contributed by atoms with Gasteiger partial charge in [0.15, 0.2) is 0 Å². The third-order valence-corrected chi connectivity index (χ3v) is 21.9. The number of hydrogen-bond acceptors (Lipinski definition) is 3. The Labute approximate surface area is 343 Å². The van der Waals surface area contributed by atoms with Gasteiger partial charge in [-0.2, -0.15) is 0 Å². The van der Waals surface area contributed by atoms with Crippen LogP contribution >= 0.6 is 6.83 Å². The van der Waals surface area contributed by atoms with Crippen LogP contribution in [0.1, 0.15) is 232 Å². The molecule has 0 heterocycles. The number of aryl methyl sites for hydroxylation is 1. The van der Waals surface area contributed by atoms with E-state index in [9.17, 15) is 0 Å². The second-order valence-electron chi connectivity index (χ2n) is 17.6. The maximum atomic E-state index is 15.8. The van der Waals surface area contributed by atoms with Crippen molar-refractivity contribution in [3.8, 4) is 0 Å². The molecule has 320 valence electrons. The Hall–Kier alpha value is -0.960. The van der Waals surface area contributed by atoms with E-state index in [0.29, 0.717) is 4.90 Å². The van der Waals surface area contributed by atoms with E-state index in [1.807, 2.05) is 0 Å². The molecular weight excluding hydrogens is 712 g/mol. The normalized spacial score (nSPS) is 13.1. The topological polar surface area (TPSA) is 43.4 Å². The molecule has 0 radical (unpaired) electrons. The standard InChI is InChI=1S/C50H91O3PS/c1-8-15-22-25-28-31-36-45-46(37-32-29-26-23-16-9-2)48(39-33-30-27-24-17-10-3)50(49-40-35-34-38-47(45)49)55(51,52)53-54(41-18-11-4,42-19-12-5,43-20-13-6)44-21-14-7/h34-35,38,40H,8-33,36-37,39,41-44H2,1-7H3. The van der Waals surface area contributed by atoms with E-state index in [0.717, 1.165) is 125 Å². The van der Waals surface area contributed by atoms with Crippen LogP contribution < -0.4 is 0 Å². The van der Waals surface area contributed by atoms with Crippen molar-refractivity contribution in [2.24, 2.45) is 0 Å². The Balaban J connectivity index is 2.92. The van der Waals surface area contributed by atoms with Crippen molar-refractivity contribution < 1.29 is 12.4 Å². The van der Waals surface area contributed by atoms with Gasteiger partial charge in [-0.1, -0.05) is 20.3 Å². The molecule has 0 aliphatic rings. The summed E-state index contributed by atoms with van der Waals surface area (Å²) in [6.45, 7) is 12.8. The molecule has 0 bridgehead atoms. The Morgan fingerprint density at radius 1 is 0.400 bits per heavy atom. The average Bonchev–Trinajstić information content (AvgIpc) is 3.19. The summed E-state index contributed by atoms with van der Waals surface area (Å²) in [4.78, 5) is 0.569. The van der Waals surface area contributed by atoms with Gasteiger partial charge in [0.2, 0.25) is 0 Å². The van der Waals surface area contributed by atoms with Crippen LogP contribution in [0.3, 0.4) is 0 Å². The van der Waals surface area contributed by atoms with Crippen LogP contribution in [0.5, 0.6) is 0 Å². The van der Waals surface area contributed by atoms with E-state index >= 15 is 8.42 Å². The summed E-state index contributed by atoms with van der Waals surface area (Å²) in [6.07, 6.45) is 37.5. The first-order valence-corrected chi connectivity index (χ1v) is 28.5. The summed E-state index contributed by atoms with van der Waals surface area (Å²) < 4.78 is 39.0. The molecule has 5 heteroatoms. The summed E-state index contributed by atoms with van der Waals surface area (Å²) >= 11 is 0. The van der Waals surface area contributed by atoms with Crippen molar-refractivity contribution in [2.45, 2.75) is 240 Å². The molecule has 0 fully saturated rings. The van der Waals surface area contributed by atoms with Gasteiger partial charge < -0.3 is 0 Å². The minimum absolute atomic E-state index is 0.569. The van der Waals surface area contributed by atoms with Crippen LogP contribution in [0.15, 0.2) is 29.2 Å². The summed E-state index contributed by atoms with van der Waals surface area (Å²) in [7, 11) is -4.07. The van der Waals surface area contributed by atoms with Crippen LogP contribution in [-0.4, -0.2) is 33.1 Å². The smallest absolute Gasteiger partial charge is 0.0654 e. The van der Waals surface area contributed by atoms with Gasteiger partial charge >= 0.3 is 325 Å². The summed E-state index contributed by atoms with van der Waals surface area (Å²) in [6, 6.07) is 8.63. The Bertz CT molecular complexity index is 1360. The molecule has 3 nitrogen and oxygen atoms in total. The van der Waals surface area contributed by atoms with Gasteiger partial charge in [0.05, 0.1) is 0 Å². The first-order valence-electron chi connectivity index (χ1n) is 24.2. The fourth-order valence-corrected chi connectivity index (χ4v) is 19.8. The van der Waals surface area contributed by atoms with Gasteiger partial charge in [-0.25, -0.2) is 0 Å². The van der Waals surface area contributed by atoms with Crippen molar-refractivity contribution in [3.63, 3.8) is 0 Å². The zero-order valence-corrected chi connectivity index (χ0v) is 39.4. The molecule has 0 unspecified atom stereocenters. The molecule has 55 heavy (non-hydrogen) atoms. The van der Waals surface area contributed by atoms with Crippen LogP contribution in [0.4, 0.5) is 0 Å². The van der Waals surface area contributed by atoms with Gasteiger partial charge in [-0.05, 0) is 0 Å². The summed E-state index contributed by atoms with van der Waals surface area (Å²) in [5, 5.41) is 2.11. The Morgan fingerprint density at radius 2 is 0.727 bits per heavy atom. The van der Waals surface area contributed by atoms with Gasteiger partial charge in [0.1, 0.15) is 0 Å². The minimum Gasteiger partial charge on any atom is -0.0654 e. The maximum absolute atomic E-state index is 15.8. The van der Waals surface area contributed by atoms with E-state index in [4.69, 9.17) is 3.97 Å². The minimum atomic E-state index is -4.07. The van der Waals surface area contributed by atoms with E-state index in [2.05, 4.69) is 72.7 Å². The van der Waals surface area contributed by atoms with Gasteiger partial charge in [-0.15, -0.1) is 0 Å². The average molecular weight is 803 g/mol. The number of unbranched alkanes of at least 4 members (excludes halogenated alkanes) is 19. The molecule has 0 atom stereocenters. The molecule has 0 aliphatic carbocycles. The summed E-state index contributed by atoms with van der Waals surface area (Å²) in [5.74, 6) is 0. The van der Waals surface area contributed by atoms with E-state index in [1.54, 1.807) is 0 Å². The molecule has 0 N–H and O–H groups in total. The second kappa shape index (κ2) is 28.5. The molecule has 2 aromatic rings. The molecule has 0 amide bonds. The van der Waals surface area contributed by atoms with Gasteiger partial charge in [-0.3, -0.25) is 0 Å². The van der Waals surface area contributed by atoms with Crippen molar-refractivity contribution >= 4 is 27.7 Å². The molecule has 0 aromatic heterocycles. The number of fused-ring (bicyclic) bond motifs is 1. The van der Waals surface area contributed by atoms with Gasteiger partial charge in [0.25, 0.3) is 0 Å². The van der Waals surface area contributed by atoms with Crippen LogP contribution in [0.2, 0.25) is 0 Å². The summed E-state index contributed by atoms with van der Waals surface area (Å²) in [5.41, 5.74) is 3.96. The van der Waals surface area contributed by atoms with Crippen molar-refractivity contribution in [1.29, 1.82) is 0 Å². The van der Waals surface area contributed by atoms with Gasteiger partial charge in [0, 0.05) is 0 Å². The number of rotatable bonds is 36. The fraction of sp³-hybridized carbons (Fsp3) is 0.800. The van der Waals surface area contributed by atoms with E-state index in [-0.39, 0.29) is 0 Å². The van der Waals surface area contributed by atoms with Crippen molar-refractivity contribution in [2.75, 3.05) is 24.6 Å².